The van der Waals surface area contributed by atoms with Crippen LogP contribution in [-0.4, -0.2) is 43.2 Å². The van der Waals surface area contributed by atoms with E-state index in [9.17, 15) is 0 Å². The third kappa shape index (κ3) is 3.19. The summed E-state index contributed by atoms with van der Waals surface area (Å²) in [6.07, 6.45) is 2.29. The molecule has 21 heavy (non-hydrogen) atoms. The highest BCUT2D eigenvalue weighted by Crippen LogP contribution is 2.27. The molecule has 0 saturated carbocycles. The number of para-hydroxylation sites is 2. The van der Waals surface area contributed by atoms with Crippen LogP contribution in [0.1, 0.15) is 12.8 Å². The van der Waals surface area contributed by atoms with E-state index in [4.69, 9.17) is 4.98 Å². The number of benzene rings is 1. The van der Waals surface area contributed by atoms with Gasteiger partial charge in [0.25, 0.3) is 0 Å². The summed E-state index contributed by atoms with van der Waals surface area (Å²) in [6.45, 7) is 2.15. The van der Waals surface area contributed by atoms with E-state index in [0.717, 1.165) is 48.6 Å². The minimum atomic E-state index is 0. The van der Waals surface area contributed by atoms with Crippen LogP contribution < -0.4 is 15.5 Å². The van der Waals surface area contributed by atoms with Crippen molar-refractivity contribution in [3.05, 3.63) is 24.3 Å². The first kappa shape index (κ1) is 15.8. The summed E-state index contributed by atoms with van der Waals surface area (Å²) in [5.74, 6) is 1.79. The van der Waals surface area contributed by atoms with Gasteiger partial charge in [0.05, 0.1) is 11.0 Å². The van der Waals surface area contributed by atoms with Crippen LogP contribution in [0.2, 0.25) is 0 Å². The van der Waals surface area contributed by atoms with Crippen LogP contribution in [0.5, 0.6) is 0 Å². The van der Waals surface area contributed by atoms with Gasteiger partial charge in [0, 0.05) is 20.1 Å². The van der Waals surface area contributed by atoms with Crippen molar-refractivity contribution in [2.45, 2.75) is 18.9 Å². The zero-order valence-electron chi connectivity index (χ0n) is 12.5. The Morgan fingerprint density at radius 3 is 2.38 bits per heavy atom. The number of halogens is 1. The minimum absolute atomic E-state index is 0. The van der Waals surface area contributed by atoms with Crippen molar-refractivity contribution in [1.29, 1.82) is 0 Å². The molecule has 1 fully saturated rings. The quantitative estimate of drug-likeness (QED) is 0.911. The molecule has 0 radical (unpaired) electrons. The van der Waals surface area contributed by atoms with Gasteiger partial charge >= 0.3 is 0 Å². The Morgan fingerprint density at radius 1 is 1.14 bits per heavy atom. The van der Waals surface area contributed by atoms with Crippen LogP contribution in [0, 0.1) is 0 Å². The Labute approximate surface area is 131 Å². The van der Waals surface area contributed by atoms with Gasteiger partial charge in [-0.3, -0.25) is 0 Å². The number of hydrogen-bond acceptors (Lipinski definition) is 5. The van der Waals surface area contributed by atoms with Gasteiger partial charge in [-0.15, -0.1) is 12.4 Å². The smallest absolute Gasteiger partial charge is 0.172 e. The summed E-state index contributed by atoms with van der Waals surface area (Å²) in [6, 6.07) is 8.54. The zero-order valence-corrected chi connectivity index (χ0v) is 13.3. The first-order valence-electron chi connectivity index (χ1n) is 7.17. The van der Waals surface area contributed by atoms with Crippen molar-refractivity contribution in [1.82, 2.24) is 15.3 Å². The standard InChI is InChI=1S/C15H21N5.ClH/c1-16-14-15(20(2)11-7-9-17-10-8-11)19-13-6-4-3-5-12(13)18-14;/h3-6,11,17H,7-10H2,1-2H3,(H,16,18);1H. The van der Waals surface area contributed by atoms with Crippen LogP contribution in [0.15, 0.2) is 24.3 Å². The fourth-order valence-corrected chi connectivity index (χ4v) is 2.77. The van der Waals surface area contributed by atoms with Gasteiger partial charge in [-0.25, -0.2) is 9.97 Å². The largest absolute Gasteiger partial charge is 0.370 e. The molecule has 0 atom stereocenters. The highest BCUT2D eigenvalue weighted by molar-refractivity contribution is 5.85. The molecule has 0 spiro atoms. The first-order valence-corrected chi connectivity index (χ1v) is 7.17. The van der Waals surface area contributed by atoms with E-state index in [2.05, 4.69) is 27.6 Å². The average Bonchev–Trinajstić information content (AvgIpc) is 2.53. The van der Waals surface area contributed by atoms with Crippen LogP contribution in [0.4, 0.5) is 11.6 Å². The van der Waals surface area contributed by atoms with Crippen molar-refractivity contribution in [2.75, 3.05) is 37.4 Å². The number of fused-ring (bicyclic) bond motifs is 1. The molecule has 1 aromatic heterocycles. The number of nitrogens with zero attached hydrogens (tertiary/aromatic N) is 3. The van der Waals surface area contributed by atoms with Gasteiger partial charge < -0.3 is 15.5 Å². The van der Waals surface area contributed by atoms with Crippen molar-refractivity contribution in [3.63, 3.8) is 0 Å². The molecule has 2 N–H and O–H groups in total. The number of nitrogens with one attached hydrogen (secondary N) is 2. The second-order valence-corrected chi connectivity index (χ2v) is 5.23. The fourth-order valence-electron chi connectivity index (χ4n) is 2.77. The molecule has 1 aliphatic rings. The Morgan fingerprint density at radius 2 is 1.76 bits per heavy atom. The monoisotopic (exact) mass is 307 g/mol. The number of aromatic nitrogens is 2. The molecule has 6 heteroatoms. The molecule has 0 amide bonds. The van der Waals surface area contributed by atoms with Crippen molar-refractivity contribution in [2.24, 2.45) is 0 Å². The topological polar surface area (TPSA) is 53.1 Å². The highest BCUT2D eigenvalue weighted by atomic mass is 35.5. The van der Waals surface area contributed by atoms with Crippen molar-refractivity contribution >= 4 is 35.1 Å². The summed E-state index contributed by atoms with van der Waals surface area (Å²) >= 11 is 0. The summed E-state index contributed by atoms with van der Waals surface area (Å²) in [5.41, 5.74) is 1.88. The maximum atomic E-state index is 4.80. The SMILES string of the molecule is CNc1nc2ccccc2nc1N(C)C1CCNCC1.Cl. The third-order valence-corrected chi connectivity index (χ3v) is 3.98. The molecule has 1 saturated heterocycles. The molecule has 2 heterocycles. The van der Waals surface area contributed by atoms with E-state index in [1.165, 1.54) is 0 Å². The van der Waals surface area contributed by atoms with Gasteiger partial charge in [-0.1, -0.05) is 12.1 Å². The Hall–Kier alpha value is -1.59. The van der Waals surface area contributed by atoms with E-state index in [1.54, 1.807) is 0 Å². The van der Waals surface area contributed by atoms with Crippen LogP contribution in [0.25, 0.3) is 11.0 Å². The number of rotatable bonds is 3. The summed E-state index contributed by atoms with van der Waals surface area (Å²) in [7, 11) is 4.02. The zero-order chi connectivity index (χ0) is 13.9. The lowest BCUT2D eigenvalue weighted by Crippen LogP contribution is -2.41. The van der Waals surface area contributed by atoms with Crippen LogP contribution in [-0.2, 0) is 0 Å². The summed E-state index contributed by atoms with van der Waals surface area (Å²) in [4.78, 5) is 11.8. The molecule has 0 aliphatic carbocycles. The molecule has 1 aliphatic heterocycles. The van der Waals surface area contributed by atoms with Crippen LogP contribution >= 0.6 is 12.4 Å². The van der Waals surface area contributed by atoms with E-state index in [1.807, 2.05) is 31.3 Å². The maximum Gasteiger partial charge on any atom is 0.172 e. The molecule has 0 unspecified atom stereocenters. The number of anilines is 2. The predicted octanol–water partition coefficient (Wildman–Crippen LogP) is 2.28. The number of hydrogen-bond donors (Lipinski definition) is 2. The van der Waals surface area contributed by atoms with Crippen molar-refractivity contribution in [3.8, 4) is 0 Å². The lowest BCUT2D eigenvalue weighted by molar-refractivity contribution is 0.442. The third-order valence-electron chi connectivity index (χ3n) is 3.98. The highest BCUT2D eigenvalue weighted by Gasteiger charge is 2.22. The molecular formula is C15H22ClN5. The summed E-state index contributed by atoms with van der Waals surface area (Å²) in [5, 5.41) is 6.58. The Bertz CT molecular complexity index is 598. The predicted molar refractivity (Wildman–Crippen MR) is 90.6 cm³/mol. The normalized spacial score (nSPS) is 15.5. The Balaban J connectivity index is 0.00000161. The first-order chi connectivity index (χ1) is 9.79. The molecule has 2 aromatic rings. The van der Waals surface area contributed by atoms with E-state index < -0.39 is 0 Å². The van der Waals surface area contributed by atoms with E-state index in [0.29, 0.717) is 6.04 Å². The molecule has 1 aromatic carbocycles. The van der Waals surface area contributed by atoms with Gasteiger partial charge in [0.2, 0.25) is 0 Å². The van der Waals surface area contributed by atoms with Gasteiger partial charge in [0.15, 0.2) is 11.6 Å². The van der Waals surface area contributed by atoms with Crippen molar-refractivity contribution < 1.29 is 0 Å². The number of piperidine rings is 1. The second-order valence-electron chi connectivity index (χ2n) is 5.23. The van der Waals surface area contributed by atoms with Gasteiger partial charge in [-0.2, -0.15) is 0 Å². The fraction of sp³-hybridized carbons (Fsp3) is 0.467. The van der Waals surface area contributed by atoms with E-state index >= 15 is 0 Å². The van der Waals surface area contributed by atoms with Gasteiger partial charge in [-0.05, 0) is 38.1 Å². The lowest BCUT2D eigenvalue weighted by Gasteiger charge is -2.33. The molecule has 114 valence electrons. The minimum Gasteiger partial charge on any atom is -0.370 e. The summed E-state index contributed by atoms with van der Waals surface area (Å²) < 4.78 is 0. The average molecular weight is 308 g/mol. The molecule has 5 nitrogen and oxygen atoms in total. The van der Waals surface area contributed by atoms with Crippen LogP contribution in [0.3, 0.4) is 0 Å². The lowest BCUT2D eigenvalue weighted by atomic mass is 10.1. The Kier molecular flexibility index (Phi) is 5.20. The molecule has 3 rings (SSSR count). The van der Waals surface area contributed by atoms with E-state index in [-0.39, 0.29) is 12.4 Å². The maximum absolute atomic E-state index is 4.80. The molecule has 0 bridgehead atoms. The second kappa shape index (κ2) is 6.91. The van der Waals surface area contributed by atoms with Gasteiger partial charge in [0.1, 0.15) is 0 Å². The molecular weight excluding hydrogens is 286 g/mol.